The van der Waals surface area contributed by atoms with Crippen molar-refractivity contribution in [2.45, 2.75) is 4.90 Å². The highest BCUT2D eigenvalue weighted by molar-refractivity contribution is 7.90. The summed E-state index contributed by atoms with van der Waals surface area (Å²) in [4.78, 5) is 8.71. The Morgan fingerprint density at radius 2 is 1.80 bits per heavy atom. The summed E-state index contributed by atoms with van der Waals surface area (Å²) < 4.78 is 24.5. The Balaban J connectivity index is 2.04. The number of nitrogens with zero attached hydrogens (tertiary/aromatic N) is 5. The molecule has 0 aliphatic carbocycles. The van der Waals surface area contributed by atoms with Crippen molar-refractivity contribution in [1.82, 2.24) is 30.6 Å². The lowest BCUT2D eigenvalue weighted by Crippen LogP contribution is -2.02. The van der Waals surface area contributed by atoms with Crippen LogP contribution in [0.3, 0.4) is 0 Å². The Hall–Kier alpha value is -3.20. The van der Waals surface area contributed by atoms with Crippen molar-refractivity contribution in [2.75, 3.05) is 6.26 Å². The first-order chi connectivity index (χ1) is 12.0. The van der Waals surface area contributed by atoms with Gasteiger partial charge in [0.1, 0.15) is 0 Å². The Kier molecular flexibility index (Phi) is 3.50. The average Bonchev–Trinajstić information content (AvgIpc) is 3.14. The van der Waals surface area contributed by atoms with E-state index in [4.69, 9.17) is 0 Å². The highest BCUT2D eigenvalue weighted by Gasteiger charge is 2.21. The van der Waals surface area contributed by atoms with Crippen LogP contribution in [0.15, 0.2) is 53.7 Å². The number of hydrogen-bond acceptors (Lipinski definition) is 7. The number of nitrogens with one attached hydrogen (secondary N) is 1. The van der Waals surface area contributed by atoms with Gasteiger partial charge in [0.25, 0.3) is 0 Å². The number of hydrogen-bond donors (Lipinski definition) is 1. The second-order valence-electron chi connectivity index (χ2n) is 5.46. The number of tetrazole rings is 1. The van der Waals surface area contributed by atoms with Gasteiger partial charge in [-0.2, -0.15) is 0 Å². The fraction of sp³-hybridized carbons (Fsp3) is 0.0625. The van der Waals surface area contributed by atoms with E-state index in [0.29, 0.717) is 16.6 Å². The van der Waals surface area contributed by atoms with E-state index in [2.05, 4.69) is 30.6 Å². The van der Waals surface area contributed by atoms with Gasteiger partial charge in [-0.15, -0.1) is 5.10 Å². The molecule has 2 heterocycles. The molecule has 0 atom stereocenters. The third-order valence-electron chi connectivity index (χ3n) is 3.79. The fourth-order valence-corrected chi connectivity index (χ4v) is 3.62. The van der Waals surface area contributed by atoms with Crippen LogP contribution < -0.4 is 0 Å². The van der Waals surface area contributed by atoms with Crippen LogP contribution in [-0.2, 0) is 9.84 Å². The number of aromatic nitrogens is 6. The van der Waals surface area contributed by atoms with Gasteiger partial charge < -0.3 is 0 Å². The molecule has 9 heteroatoms. The maximum absolute atomic E-state index is 12.2. The van der Waals surface area contributed by atoms with Gasteiger partial charge in [0.2, 0.25) is 0 Å². The number of fused-ring (bicyclic) bond motifs is 1. The van der Waals surface area contributed by atoms with Crippen LogP contribution in [0.2, 0.25) is 0 Å². The SMILES string of the molecule is CS(=O)(=O)c1cccc(-c2ccc3nccnc3c2)c1-c1nnn[nH]1. The highest BCUT2D eigenvalue weighted by Crippen LogP contribution is 2.35. The Labute approximate surface area is 142 Å². The van der Waals surface area contributed by atoms with E-state index in [0.717, 1.165) is 17.3 Å². The summed E-state index contributed by atoms with van der Waals surface area (Å²) in [5, 5.41) is 13.7. The number of aromatic amines is 1. The maximum atomic E-state index is 12.2. The minimum Gasteiger partial charge on any atom is -0.253 e. The van der Waals surface area contributed by atoms with E-state index >= 15 is 0 Å². The van der Waals surface area contributed by atoms with Gasteiger partial charge in [0.05, 0.1) is 15.9 Å². The van der Waals surface area contributed by atoms with Crippen molar-refractivity contribution in [2.24, 2.45) is 0 Å². The largest absolute Gasteiger partial charge is 0.253 e. The van der Waals surface area contributed by atoms with Crippen LogP contribution >= 0.6 is 0 Å². The zero-order valence-corrected chi connectivity index (χ0v) is 13.9. The standard InChI is InChI=1S/C16H12N6O2S/c1-25(23,24)14-4-2-3-11(15(14)16-19-21-22-20-16)10-5-6-12-13(9-10)18-8-7-17-12/h2-9H,1H3,(H,19,20,21,22). The molecule has 4 aromatic rings. The van der Waals surface area contributed by atoms with Crippen LogP contribution in [0.4, 0.5) is 0 Å². The van der Waals surface area contributed by atoms with Gasteiger partial charge in [-0.3, -0.25) is 9.97 Å². The minimum absolute atomic E-state index is 0.155. The molecule has 0 spiro atoms. The van der Waals surface area contributed by atoms with Crippen molar-refractivity contribution in [1.29, 1.82) is 0 Å². The Morgan fingerprint density at radius 3 is 2.52 bits per heavy atom. The molecule has 0 aliphatic heterocycles. The molecule has 2 aromatic carbocycles. The summed E-state index contributed by atoms with van der Waals surface area (Å²) in [7, 11) is -3.48. The van der Waals surface area contributed by atoms with Gasteiger partial charge in [0.15, 0.2) is 15.7 Å². The summed E-state index contributed by atoms with van der Waals surface area (Å²) in [6.45, 7) is 0. The van der Waals surface area contributed by atoms with Gasteiger partial charge in [-0.1, -0.05) is 18.2 Å². The monoisotopic (exact) mass is 352 g/mol. The normalized spacial score (nSPS) is 11.7. The number of H-pyrrole nitrogens is 1. The molecule has 25 heavy (non-hydrogen) atoms. The highest BCUT2D eigenvalue weighted by atomic mass is 32.2. The molecule has 0 saturated heterocycles. The molecule has 0 aliphatic rings. The van der Waals surface area contributed by atoms with E-state index in [1.54, 1.807) is 18.5 Å². The van der Waals surface area contributed by atoms with Gasteiger partial charge in [0, 0.05) is 24.2 Å². The summed E-state index contributed by atoms with van der Waals surface area (Å²) >= 11 is 0. The lowest BCUT2D eigenvalue weighted by atomic mass is 9.98. The van der Waals surface area contributed by atoms with Gasteiger partial charge >= 0.3 is 0 Å². The van der Waals surface area contributed by atoms with Crippen molar-refractivity contribution in [3.8, 4) is 22.5 Å². The molecule has 4 rings (SSSR count). The third-order valence-corrected chi connectivity index (χ3v) is 4.93. The lowest BCUT2D eigenvalue weighted by Gasteiger charge is -2.12. The van der Waals surface area contributed by atoms with Crippen molar-refractivity contribution in [3.05, 3.63) is 48.8 Å². The van der Waals surface area contributed by atoms with Crippen LogP contribution in [0.1, 0.15) is 0 Å². The summed E-state index contributed by atoms with van der Waals surface area (Å²) in [6.07, 6.45) is 4.39. The van der Waals surface area contributed by atoms with Crippen molar-refractivity contribution in [3.63, 3.8) is 0 Å². The van der Waals surface area contributed by atoms with Crippen LogP contribution in [0.25, 0.3) is 33.5 Å². The molecule has 124 valence electrons. The third kappa shape index (κ3) is 2.74. The molecule has 8 nitrogen and oxygen atoms in total. The zero-order valence-electron chi connectivity index (χ0n) is 13.1. The summed E-state index contributed by atoms with van der Waals surface area (Å²) in [5.41, 5.74) is 3.39. The fourth-order valence-electron chi connectivity index (χ4n) is 2.72. The summed E-state index contributed by atoms with van der Waals surface area (Å²) in [5.74, 6) is 0.287. The van der Waals surface area contributed by atoms with Crippen molar-refractivity contribution < 1.29 is 8.42 Å². The molecule has 2 aromatic heterocycles. The average molecular weight is 352 g/mol. The van der Waals surface area contributed by atoms with Gasteiger partial charge in [-0.05, 0) is 39.8 Å². The number of rotatable bonds is 3. The van der Waals surface area contributed by atoms with E-state index < -0.39 is 9.84 Å². The zero-order chi connectivity index (χ0) is 17.4. The first-order valence-corrected chi connectivity index (χ1v) is 9.21. The molecular weight excluding hydrogens is 340 g/mol. The van der Waals surface area contributed by atoms with E-state index in [1.807, 2.05) is 24.3 Å². The van der Waals surface area contributed by atoms with Crippen molar-refractivity contribution >= 4 is 20.9 Å². The predicted molar refractivity (Wildman–Crippen MR) is 91.3 cm³/mol. The predicted octanol–water partition coefficient (Wildman–Crippen LogP) is 1.88. The van der Waals surface area contributed by atoms with E-state index in [9.17, 15) is 8.42 Å². The molecule has 0 bridgehead atoms. The smallest absolute Gasteiger partial charge is 0.181 e. The second-order valence-corrected chi connectivity index (χ2v) is 7.44. The first kappa shape index (κ1) is 15.3. The molecule has 0 fully saturated rings. The van der Waals surface area contributed by atoms with E-state index in [-0.39, 0.29) is 10.7 Å². The molecule has 0 amide bonds. The van der Waals surface area contributed by atoms with E-state index in [1.165, 1.54) is 6.07 Å². The van der Waals surface area contributed by atoms with Crippen LogP contribution in [0.5, 0.6) is 0 Å². The minimum atomic E-state index is -3.48. The number of sulfone groups is 1. The Bertz CT molecular complexity index is 1170. The quantitative estimate of drug-likeness (QED) is 0.598. The van der Waals surface area contributed by atoms with Gasteiger partial charge in [-0.25, -0.2) is 13.5 Å². The van der Waals surface area contributed by atoms with Crippen LogP contribution in [0, 0.1) is 0 Å². The molecular formula is C16H12N6O2S. The lowest BCUT2D eigenvalue weighted by molar-refractivity contribution is 0.602. The summed E-state index contributed by atoms with van der Waals surface area (Å²) in [6, 6.07) is 10.6. The molecule has 0 saturated carbocycles. The topological polar surface area (TPSA) is 114 Å². The first-order valence-electron chi connectivity index (χ1n) is 7.32. The molecule has 0 radical (unpaired) electrons. The van der Waals surface area contributed by atoms with Crippen LogP contribution in [-0.4, -0.2) is 45.3 Å². The maximum Gasteiger partial charge on any atom is 0.181 e. The molecule has 0 unspecified atom stereocenters. The molecule has 1 N–H and O–H groups in total. The Morgan fingerprint density at radius 1 is 1.00 bits per heavy atom. The number of benzene rings is 2. The second kappa shape index (κ2) is 5.71.